The van der Waals surface area contributed by atoms with Crippen LogP contribution in [0.5, 0.6) is 0 Å². The van der Waals surface area contributed by atoms with Crippen molar-refractivity contribution in [1.82, 2.24) is 4.72 Å². The number of benzene rings is 1. The molecule has 0 aliphatic carbocycles. The van der Waals surface area contributed by atoms with Crippen LogP contribution in [0.4, 0.5) is 13.2 Å². The minimum atomic E-state index is -4.82. The predicted octanol–water partition coefficient (Wildman–Crippen LogP) is 2.76. The molecular weight excluding hydrogens is 329 g/mol. The summed E-state index contributed by atoms with van der Waals surface area (Å²) in [6.45, 7) is 1.82. The van der Waals surface area contributed by atoms with Gasteiger partial charge in [0, 0.05) is 17.6 Å². The lowest BCUT2D eigenvalue weighted by Crippen LogP contribution is -2.40. The second-order valence-corrected chi connectivity index (χ2v) is 6.60. The van der Waals surface area contributed by atoms with Crippen molar-refractivity contribution in [2.75, 3.05) is 6.54 Å². The third-order valence-electron chi connectivity index (χ3n) is 2.78. The van der Waals surface area contributed by atoms with Gasteiger partial charge in [0.25, 0.3) is 0 Å². The van der Waals surface area contributed by atoms with Gasteiger partial charge in [0.1, 0.15) is 0 Å². The highest BCUT2D eigenvalue weighted by molar-refractivity contribution is 7.89. The molecule has 0 bridgehead atoms. The molecule has 1 rings (SSSR count). The lowest BCUT2D eigenvalue weighted by molar-refractivity contribution is -0.139. The Bertz CT molecular complexity index is 591. The average molecular weight is 345 g/mol. The van der Waals surface area contributed by atoms with E-state index in [1.54, 1.807) is 0 Å². The maximum atomic E-state index is 13.0. The monoisotopic (exact) mass is 344 g/mol. The van der Waals surface area contributed by atoms with E-state index in [0.717, 1.165) is 12.1 Å². The predicted molar refractivity (Wildman–Crippen MR) is 74.5 cm³/mol. The number of halogens is 4. The zero-order valence-electron chi connectivity index (χ0n) is 11.2. The van der Waals surface area contributed by atoms with Gasteiger partial charge in [-0.2, -0.15) is 13.2 Å². The molecule has 3 N–H and O–H groups in total. The Morgan fingerprint density at radius 2 is 2.00 bits per heavy atom. The Morgan fingerprint density at radius 1 is 1.38 bits per heavy atom. The molecule has 0 saturated carbocycles. The van der Waals surface area contributed by atoms with Crippen molar-refractivity contribution in [3.8, 4) is 0 Å². The summed E-state index contributed by atoms with van der Waals surface area (Å²) in [5.74, 6) is 0. The van der Waals surface area contributed by atoms with Gasteiger partial charge in [-0.3, -0.25) is 0 Å². The van der Waals surface area contributed by atoms with Crippen molar-refractivity contribution < 1.29 is 21.6 Å². The van der Waals surface area contributed by atoms with E-state index in [1.165, 1.54) is 0 Å². The van der Waals surface area contributed by atoms with E-state index >= 15 is 0 Å². The Hall–Kier alpha value is -0.830. The Balaban J connectivity index is 3.26. The van der Waals surface area contributed by atoms with E-state index in [-0.39, 0.29) is 11.6 Å². The molecule has 0 saturated heterocycles. The van der Waals surface area contributed by atoms with Crippen molar-refractivity contribution in [2.45, 2.75) is 36.9 Å². The molecule has 0 spiro atoms. The van der Waals surface area contributed by atoms with Gasteiger partial charge in [-0.1, -0.05) is 24.9 Å². The molecule has 120 valence electrons. The first-order chi connectivity index (χ1) is 9.61. The highest BCUT2D eigenvalue weighted by Gasteiger charge is 2.37. The number of rotatable bonds is 6. The van der Waals surface area contributed by atoms with Gasteiger partial charge in [-0.05, 0) is 24.6 Å². The van der Waals surface area contributed by atoms with Crippen LogP contribution in [0.25, 0.3) is 0 Å². The lowest BCUT2D eigenvalue weighted by Gasteiger charge is -2.19. The lowest BCUT2D eigenvalue weighted by atomic mass is 10.2. The van der Waals surface area contributed by atoms with Gasteiger partial charge in [0.2, 0.25) is 10.0 Å². The molecule has 1 unspecified atom stereocenters. The fraction of sp³-hybridized carbons (Fsp3) is 0.500. The van der Waals surface area contributed by atoms with Gasteiger partial charge in [-0.25, -0.2) is 13.1 Å². The number of sulfonamides is 1. The number of alkyl halides is 3. The molecule has 0 heterocycles. The molecule has 21 heavy (non-hydrogen) atoms. The molecule has 0 amide bonds. The van der Waals surface area contributed by atoms with Gasteiger partial charge in [0.05, 0.1) is 10.5 Å². The highest BCUT2D eigenvalue weighted by atomic mass is 35.5. The summed E-state index contributed by atoms with van der Waals surface area (Å²) in [5.41, 5.74) is 4.13. The van der Waals surface area contributed by atoms with Crippen molar-refractivity contribution >= 4 is 21.6 Å². The minimum absolute atomic E-state index is 0.00199. The van der Waals surface area contributed by atoms with Crippen LogP contribution < -0.4 is 10.5 Å². The van der Waals surface area contributed by atoms with E-state index in [4.69, 9.17) is 17.3 Å². The molecule has 1 aromatic rings. The van der Waals surface area contributed by atoms with Gasteiger partial charge in [-0.15, -0.1) is 0 Å². The zero-order valence-corrected chi connectivity index (χ0v) is 12.8. The summed E-state index contributed by atoms with van der Waals surface area (Å²) in [4.78, 5) is -0.853. The maximum Gasteiger partial charge on any atom is 0.417 e. The van der Waals surface area contributed by atoms with Crippen LogP contribution in [0.1, 0.15) is 25.3 Å². The number of hydrogen-bond donors (Lipinski definition) is 2. The minimum Gasteiger partial charge on any atom is -0.329 e. The summed E-state index contributed by atoms with van der Waals surface area (Å²) in [7, 11) is -4.33. The molecule has 1 aromatic carbocycles. The van der Waals surface area contributed by atoms with E-state index in [1.807, 2.05) is 6.92 Å². The van der Waals surface area contributed by atoms with Crippen LogP contribution in [0, 0.1) is 0 Å². The summed E-state index contributed by atoms with van der Waals surface area (Å²) >= 11 is 5.52. The fourth-order valence-electron chi connectivity index (χ4n) is 1.81. The molecular formula is C12H16ClF3N2O2S. The normalized spacial score (nSPS) is 14.2. The van der Waals surface area contributed by atoms with Gasteiger partial charge in [0.15, 0.2) is 0 Å². The number of hydrogen-bond acceptors (Lipinski definition) is 3. The van der Waals surface area contributed by atoms with Crippen molar-refractivity contribution in [3.63, 3.8) is 0 Å². The van der Waals surface area contributed by atoms with Crippen LogP contribution in [0.15, 0.2) is 23.1 Å². The van der Waals surface area contributed by atoms with E-state index in [2.05, 4.69) is 4.72 Å². The zero-order chi connectivity index (χ0) is 16.3. The van der Waals surface area contributed by atoms with Crippen LogP contribution in [-0.4, -0.2) is 21.0 Å². The molecule has 9 heteroatoms. The second-order valence-electron chi connectivity index (χ2n) is 4.48. The molecule has 0 aliphatic rings. The Kier molecular flexibility index (Phi) is 6.03. The first-order valence-electron chi connectivity index (χ1n) is 6.21. The van der Waals surface area contributed by atoms with Crippen molar-refractivity contribution in [1.29, 1.82) is 0 Å². The summed E-state index contributed by atoms with van der Waals surface area (Å²) in [5, 5.41) is -0.190. The first kappa shape index (κ1) is 18.2. The number of nitrogens with two attached hydrogens (primary N) is 1. The summed E-state index contributed by atoms with van der Waals surface area (Å²) < 4.78 is 65.3. The molecule has 4 nitrogen and oxygen atoms in total. The molecule has 1 atom stereocenters. The van der Waals surface area contributed by atoms with Crippen LogP contribution in [0.2, 0.25) is 5.02 Å². The SMILES string of the molecule is CCCC(CN)NS(=O)(=O)c1ccc(Cl)cc1C(F)(F)F. The van der Waals surface area contributed by atoms with Crippen LogP contribution >= 0.6 is 11.6 Å². The molecule has 0 aromatic heterocycles. The second kappa shape index (κ2) is 6.95. The smallest absolute Gasteiger partial charge is 0.329 e. The summed E-state index contributed by atoms with van der Waals surface area (Å²) in [6.07, 6.45) is -3.74. The largest absolute Gasteiger partial charge is 0.417 e. The van der Waals surface area contributed by atoms with E-state index in [0.29, 0.717) is 18.9 Å². The topological polar surface area (TPSA) is 72.2 Å². The Morgan fingerprint density at radius 3 is 2.48 bits per heavy atom. The quantitative estimate of drug-likeness (QED) is 0.833. The van der Waals surface area contributed by atoms with Gasteiger partial charge >= 0.3 is 6.18 Å². The summed E-state index contributed by atoms with van der Waals surface area (Å²) in [6, 6.07) is 1.92. The molecule has 0 radical (unpaired) electrons. The third-order valence-corrected chi connectivity index (χ3v) is 4.59. The maximum absolute atomic E-state index is 13.0. The van der Waals surface area contributed by atoms with Crippen molar-refractivity contribution in [2.24, 2.45) is 5.73 Å². The van der Waals surface area contributed by atoms with E-state index in [9.17, 15) is 21.6 Å². The molecule has 0 aliphatic heterocycles. The van der Waals surface area contributed by atoms with Gasteiger partial charge < -0.3 is 5.73 Å². The van der Waals surface area contributed by atoms with Crippen molar-refractivity contribution in [3.05, 3.63) is 28.8 Å². The third kappa shape index (κ3) is 4.84. The fourth-order valence-corrected chi connectivity index (χ4v) is 3.48. The highest BCUT2D eigenvalue weighted by Crippen LogP contribution is 2.35. The first-order valence-corrected chi connectivity index (χ1v) is 8.07. The standard InChI is InChI=1S/C12H16ClF3N2O2S/c1-2-3-9(7-17)18-21(19,20)11-5-4-8(13)6-10(11)12(14,15)16/h4-6,9,18H,2-3,7,17H2,1H3. The Labute approximate surface area is 126 Å². The van der Waals surface area contributed by atoms with E-state index < -0.39 is 32.7 Å². The van der Waals surface area contributed by atoms with Crippen LogP contribution in [-0.2, 0) is 16.2 Å². The number of nitrogens with one attached hydrogen (secondary N) is 1. The molecule has 0 fully saturated rings. The average Bonchev–Trinajstić information content (AvgIpc) is 2.36. The van der Waals surface area contributed by atoms with Crippen LogP contribution in [0.3, 0.4) is 0 Å².